The van der Waals surface area contributed by atoms with E-state index in [4.69, 9.17) is 11.6 Å². The first kappa shape index (κ1) is 12.5. The van der Waals surface area contributed by atoms with Crippen LogP contribution in [0.4, 0.5) is 10.2 Å². The maximum Gasteiger partial charge on any atom is 0.128 e. The Balaban J connectivity index is 2.23. The third kappa shape index (κ3) is 2.82. The molecule has 0 aliphatic carbocycles. The molecule has 0 radical (unpaired) electrons. The molecule has 1 unspecified atom stereocenters. The van der Waals surface area contributed by atoms with E-state index in [1.54, 1.807) is 30.5 Å². The van der Waals surface area contributed by atoms with E-state index in [0.717, 1.165) is 5.56 Å². The summed E-state index contributed by atoms with van der Waals surface area (Å²) in [7, 11) is 0. The number of hydrazine groups is 1. The van der Waals surface area contributed by atoms with Crippen LogP contribution in [0.3, 0.4) is 0 Å². The van der Waals surface area contributed by atoms with Crippen molar-refractivity contribution in [3.63, 3.8) is 0 Å². The standard InChI is InChI=1S/C13H15FN4/c14-11-4-2-1-3-10(11)12(18-16)7-9-5-6-17-13(15)8-9/h1-6,8,12,18H,7,16H2,(H2,15,17). The van der Waals surface area contributed by atoms with Crippen LogP contribution in [0.25, 0.3) is 0 Å². The number of nitrogens with one attached hydrogen (secondary N) is 1. The van der Waals surface area contributed by atoms with Gasteiger partial charge in [-0.3, -0.25) is 11.3 Å². The number of benzene rings is 1. The Morgan fingerprint density at radius 3 is 2.72 bits per heavy atom. The van der Waals surface area contributed by atoms with Crippen LogP contribution >= 0.6 is 0 Å². The summed E-state index contributed by atoms with van der Waals surface area (Å²) in [5.41, 5.74) is 9.72. The number of nitrogens with two attached hydrogens (primary N) is 2. The molecule has 0 spiro atoms. The van der Waals surface area contributed by atoms with Crippen LogP contribution in [0.1, 0.15) is 17.2 Å². The Kier molecular flexibility index (Phi) is 3.86. The second kappa shape index (κ2) is 5.57. The van der Waals surface area contributed by atoms with Gasteiger partial charge in [-0.05, 0) is 30.2 Å². The van der Waals surface area contributed by atoms with E-state index >= 15 is 0 Å². The van der Waals surface area contributed by atoms with Gasteiger partial charge in [0.15, 0.2) is 0 Å². The van der Waals surface area contributed by atoms with Crippen molar-refractivity contribution in [2.24, 2.45) is 5.84 Å². The Labute approximate surface area is 105 Å². The minimum absolute atomic E-state index is 0.275. The molecule has 1 aromatic carbocycles. The smallest absolute Gasteiger partial charge is 0.128 e. The van der Waals surface area contributed by atoms with Gasteiger partial charge in [0, 0.05) is 11.8 Å². The molecule has 0 amide bonds. The zero-order valence-corrected chi connectivity index (χ0v) is 9.81. The van der Waals surface area contributed by atoms with Crippen LogP contribution in [-0.4, -0.2) is 4.98 Å². The number of pyridine rings is 1. The highest BCUT2D eigenvalue weighted by Crippen LogP contribution is 2.20. The van der Waals surface area contributed by atoms with Gasteiger partial charge in [0.05, 0.1) is 6.04 Å². The van der Waals surface area contributed by atoms with Gasteiger partial charge in [-0.25, -0.2) is 9.37 Å². The molecule has 5 N–H and O–H groups in total. The van der Waals surface area contributed by atoms with E-state index in [1.165, 1.54) is 6.07 Å². The predicted molar refractivity (Wildman–Crippen MR) is 68.8 cm³/mol. The van der Waals surface area contributed by atoms with E-state index in [1.807, 2.05) is 6.07 Å². The Morgan fingerprint density at radius 2 is 2.06 bits per heavy atom. The lowest BCUT2D eigenvalue weighted by Crippen LogP contribution is -2.30. The number of nitrogens with zero attached hydrogens (tertiary/aromatic N) is 1. The van der Waals surface area contributed by atoms with Crippen LogP contribution in [0.2, 0.25) is 0 Å². The Morgan fingerprint density at radius 1 is 1.28 bits per heavy atom. The molecular weight excluding hydrogens is 231 g/mol. The molecule has 5 heteroatoms. The number of hydrogen-bond acceptors (Lipinski definition) is 4. The van der Waals surface area contributed by atoms with E-state index in [-0.39, 0.29) is 11.9 Å². The second-order valence-corrected chi connectivity index (χ2v) is 4.03. The molecule has 2 aromatic rings. The number of halogens is 1. The fraction of sp³-hybridized carbons (Fsp3) is 0.154. The van der Waals surface area contributed by atoms with E-state index < -0.39 is 0 Å². The lowest BCUT2D eigenvalue weighted by Gasteiger charge is -2.17. The maximum atomic E-state index is 13.7. The van der Waals surface area contributed by atoms with Crippen molar-refractivity contribution in [2.45, 2.75) is 12.5 Å². The summed E-state index contributed by atoms with van der Waals surface area (Å²) >= 11 is 0. The average molecular weight is 246 g/mol. The lowest BCUT2D eigenvalue weighted by molar-refractivity contribution is 0.510. The quantitative estimate of drug-likeness (QED) is 0.565. The third-order valence-electron chi connectivity index (χ3n) is 2.77. The molecule has 0 bridgehead atoms. The van der Waals surface area contributed by atoms with Gasteiger partial charge >= 0.3 is 0 Å². The number of nitrogen functional groups attached to an aromatic ring is 1. The molecule has 1 heterocycles. The van der Waals surface area contributed by atoms with E-state index in [0.29, 0.717) is 17.8 Å². The topological polar surface area (TPSA) is 77.0 Å². The van der Waals surface area contributed by atoms with Gasteiger partial charge in [0.2, 0.25) is 0 Å². The van der Waals surface area contributed by atoms with Crippen molar-refractivity contribution in [3.8, 4) is 0 Å². The third-order valence-corrected chi connectivity index (χ3v) is 2.77. The highest BCUT2D eigenvalue weighted by atomic mass is 19.1. The van der Waals surface area contributed by atoms with Crippen molar-refractivity contribution >= 4 is 5.82 Å². The van der Waals surface area contributed by atoms with Gasteiger partial charge in [-0.2, -0.15) is 0 Å². The fourth-order valence-corrected chi connectivity index (χ4v) is 1.87. The lowest BCUT2D eigenvalue weighted by atomic mass is 9.99. The maximum absolute atomic E-state index is 13.7. The van der Waals surface area contributed by atoms with Crippen LogP contribution in [0.15, 0.2) is 42.6 Å². The monoisotopic (exact) mass is 246 g/mol. The van der Waals surface area contributed by atoms with Crippen molar-refractivity contribution in [1.29, 1.82) is 0 Å². The second-order valence-electron chi connectivity index (χ2n) is 4.03. The van der Waals surface area contributed by atoms with Crippen molar-refractivity contribution in [3.05, 3.63) is 59.5 Å². The Bertz CT molecular complexity index is 530. The molecule has 2 rings (SSSR count). The fourth-order valence-electron chi connectivity index (χ4n) is 1.87. The first-order chi connectivity index (χ1) is 8.70. The molecule has 0 aliphatic rings. The van der Waals surface area contributed by atoms with Crippen molar-refractivity contribution < 1.29 is 4.39 Å². The number of rotatable bonds is 4. The van der Waals surface area contributed by atoms with Crippen LogP contribution in [0, 0.1) is 5.82 Å². The van der Waals surface area contributed by atoms with E-state index in [2.05, 4.69) is 10.4 Å². The summed E-state index contributed by atoms with van der Waals surface area (Å²) in [6.07, 6.45) is 2.17. The summed E-state index contributed by atoms with van der Waals surface area (Å²) in [5.74, 6) is 5.66. The minimum atomic E-state index is -0.298. The summed E-state index contributed by atoms with van der Waals surface area (Å²) in [6.45, 7) is 0. The minimum Gasteiger partial charge on any atom is -0.384 e. The highest BCUT2D eigenvalue weighted by Gasteiger charge is 2.14. The van der Waals surface area contributed by atoms with Crippen molar-refractivity contribution in [2.75, 3.05) is 5.73 Å². The molecular formula is C13H15FN4. The zero-order valence-electron chi connectivity index (χ0n) is 9.81. The van der Waals surface area contributed by atoms with Crippen LogP contribution in [0.5, 0.6) is 0 Å². The van der Waals surface area contributed by atoms with Crippen molar-refractivity contribution in [1.82, 2.24) is 10.4 Å². The molecule has 0 saturated heterocycles. The summed E-state index contributed by atoms with van der Waals surface area (Å²) < 4.78 is 13.7. The van der Waals surface area contributed by atoms with Gasteiger partial charge < -0.3 is 5.73 Å². The van der Waals surface area contributed by atoms with Gasteiger partial charge in [0.25, 0.3) is 0 Å². The summed E-state index contributed by atoms with van der Waals surface area (Å²) in [6, 6.07) is 9.85. The Hall–Kier alpha value is -1.98. The number of aromatic nitrogens is 1. The molecule has 0 saturated carbocycles. The normalized spacial score (nSPS) is 12.3. The van der Waals surface area contributed by atoms with Crippen LogP contribution < -0.4 is 17.0 Å². The molecule has 1 atom stereocenters. The molecule has 1 aromatic heterocycles. The van der Waals surface area contributed by atoms with Gasteiger partial charge in [-0.15, -0.1) is 0 Å². The molecule has 0 fully saturated rings. The summed E-state index contributed by atoms with van der Waals surface area (Å²) in [4.78, 5) is 3.92. The van der Waals surface area contributed by atoms with Gasteiger partial charge in [-0.1, -0.05) is 18.2 Å². The molecule has 4 nitrogen and oxygen atoms in total. The molecule has 18 heavy (non-hydrogen) atoms. The number of anilines is 1. The van der Waals surface area contributed by atoms with E-state index in [9.17, 15) is 4.39 Å². The summed E-state index contributed by atoms with van der Waals surface area (Å²) in [5, 5.41) is 0. The molecule has 94 valence electrons. The van der Waals surface area contributed by atoms with Gasteiger partial charge in [0.1, 0.15) is 11.6 Å². The largest absolute Gasteiger partial charge is 0.384 e. The highest BCUT2D eigenvalue weighted by molar-refractivity contribution is 5.33. The first-order valence-corrected chi connectivity index (χ1v) is 5.61. The zero-order chi connectivity index (χ0) is 13.0. The predicted octanol–water partition coefficient (Wildman–Crippen LogP) is 1.55. The first-order valence-electron chi connectivity index (χ1n) is 5.61. The number of hydrogen-bond donors (Lipinski definition) is 3. The molecule has 0 aliphatic heterocycles. The van der Waals surface area contributed by atoms with Crippen LogP contribution in [-0.2, 0) is 6.42 Å². The SMILES string of the molecule is NNC(Cc1ccnc(N)c1)c1ccccc1F. The average Bonchev–Trinajstić information content (AvgIpc) is 2.37.